The molecule has 0 aliphatic carbocycles. The van der Waals surface area contributed by atoms with Crippen LogP contribution in [0.4, 0.5) is 15.8 Å². The summed E-state index contributed by atoms with van der Waals surface area (Å²) in [7, 11) is -3.98. The van der Waals surface area contributed by atoms with Gasteiger partial charge in [-0.2, -0.15) is 0 Å². The number of sulfonamides is 1. The zero-order valence-electron chi connectivity index (χ0n) is 10.2. The Hall–Kier alpha value is -1.02. The monoisotopic (exact) mass is 412 g/mol. The van der Waals surface area contributed by atoms with E-state index in [4.69, 9.17) is 28.9 Å². The highest BCUT2D eigenvalue weighted by atomic mass is 79.9. The van der Waals surface area contributed by atoms with Gasteiger partial charge in [0, 0.05) is 0 Å². The van der Waals surface area contributed by atoms with Gasteiger partial charge in [0.2, 0.25) is 0 Å². The Morgan fingerprint density at radius 1 is 1.19 bits per heavy atom. The molecule has 0 aliphatic heterocycles. The maximum absolute atomic E-state index is 13.1. The summed E-state index contributed by atoms with van der Waals surface area (Å²) in [6, 6.07) is 6.27. The van der Waals surface area contributed by atoms with Gasteiger partial charge in [0.15, 0.2) is 0 Å². The lowest BCUT2D eigenvalue weighted by Gasteiger charge is -2.11. The third-order valence-electron chi connectivity index (χ3n) is 2.55. The van der Waals surface area contributed by atoms with Crippen LogP contribution in [-0.2, 0) is 10.0 Å². The van der Waals surface area contributed by atoms with Gasteiger partial charge in [-0.1, -0.05) is 23.2 Å². The molecule has 0 amide bonds. The molecule has 9 heteroatoms. The molecule has 0 bridgehead atoms. The van der Waals surface area contributed by atoms with E-state index in [1.165, 1.54) is 24.3 Å². The van der Waals surface area contributed by atoms with Crippen molar-refractivity contribution in [2.75, 3.05) is 10.5 Å². The van der Waals surface area contributed by atoms with E-state index in [1.807, 2.05) is 0 Å². The molecular formula is C12H8BrCl2FN2O2S. The van der Waals surface area contributed by atoms with Crippen molar-refractivity contribution in [2.24, 2.45) is 0 Å². The van der Waals surface area contributed by atoms with Gasteiger partial charge in [-0.05, 0) is 46.3 Å². The topological polar surface area (TPSA) is 72.2 Å². The molecule has 112 valence electrons. The van der Waals surface area contributed by atoms with Crippen LogP contribution in [0.3, 0.4) is 0 Å². The Kier molecular flexibility index (Phi) is 4.67. The van der Waals surface area contributed by atoms with Crippen LogP contribution >= 0.6 is 39.1 Å². The fourth-order valence-electron chi connectivity index (χ4n) is 1.53. The van der Waals surface area contributed by atoms with Crippen LogP contribution in [0.25, 0.3) is 0 Å². The number of hydrogen-bond donors (Lipinski definition) is 2. The van der Waals surface area contributed by atoms with Crippen molar-refractivity contribution in [2.45, 2.75) is 4.90 Å². The molecule has 21 heavy (non-hydrogen) atoms. The van der Waals surface area contributed by atoms with Gasteiger partial charge in [-0.3, -0.25) is 4.72 Å². The standard InChI is InChI=1S/C12H8BrCl2FN2O2S/c13-7-5-6(1-3-9(7)16)18-21(19,20)10-4-2-8(14)12(17)11(10)15/h1-5,18H,17H2. The minimum absolute atomic E-state index is 0.0264. The number of hydrogen-bond acceptors (Lipinski definition) is 3. The van der Waals surface area contributed by atoms with E-state index in [1.54, 1.807) is 0 Å². The first kappa shape index (κ1) is 16.4. The molecule has 0 aliphatic rings. The summed E-state index contributed by atoms with van der Waals surface area (Å²) in [5, 5.41) is -0.0142. The van der Waals surface area contributed by atoms with Crippen molar-refractivity contribution in [1.29, 1.82) is 0 Å². The minimum Gasteiger partial charge on any atom is -0.396 e. The minimum atomic E-state index is -3.98. The van der Waals surface area contributed by atoms with Gasteiger partial charge in [0.1, 0.15) is 10.7 Å². The second-order valence-corrected chi connectivity index (χ2v) is 7.30. The molecule has 2 aromatic rings. The molecule has 0 spiro atoms. The predicted molar refractivity (Wildman–Crippen MR) is 85.8 cm³/mol. The number of nitrogens with two attached hydrogens (primary N) is 1. The van der Waals surface area contributed by atoms with E-state index in [0.29, 0.717) is 0 Å². The van der Waals surface area contributed by atoms with Gasteiger partial charge < -0.3 is 5.73 Å². The second kappa shape index (κ2) is 6.00. The third-order valence-corrected chi connectivity index (χ3v) is 5.43. The summed E-state index contributed by atoms with van der Waals surface area (Å²) in [5.74, 6) is -0.508. The number of nitrogen functional groups attached to an aromatic ring is 1. The van der Waals surface area contributed by atoms with Crippen LogP contribution in [0.5, 0.6) is 0 Å². The Bertz CT molecular complexity index is 815. The van der Waals surface area contributed by atoms with Crippen LogP contribution in [0, 0.1) is 5.82 Å². The van der Waals surface area contributed by atoms with Crippen LogP contribution in [0.1, 0.15) is 0 Å². The summed E-state index contributed by atoms with van der Waals surface area (Å²) >= 11 is 14.6. The maximum Gasteiger partial charge on any atom is 0.263 e. The summed E-state index contributed by atoms with van der Waals surface area (Å²) < 4.78 is 40.1. The predicted octanol–water partition coefficient (Wildman–Crippen LogP) is 4.28. The Morgan fingerprint density at radius 3 is 2.48 bits per heavy atom. The number of nitrogens with one attached hydrogen (secondary N) is 1. The van der Waals surface area contributed by atoms with Gasteiger partial charge in [0.05, 0.1) is 25.9 Å². The molecular weight excluding hydrogens is 406 g/mol. The van der Waals surface area contributed by atoms with Crippen LogP contribution in [-0.4, -0.2) is 8.42 Å². The Morgan fingerprint density at radius 2 is 1.86 bits per heavy atom. The first-order valence-corrected chi connectivity index (χ1v) is 8.47. The number of rotatable bonds is 3. The van der Waals surface area contributed by atoms with Gasteiger partial charge in [-0.25, -0.2) is 12.8 Å². The molecule has 4 nitrogen and oxygen atoms in total. The van der Waals surface area contributed by atoms with Crippen molar-refractivity contribution in [3.8, 4) is 0 Å². The molecule has 0 atom stereocenters. The van der Waals surface area contributed by atoms with Gasteiger partial charge in [0.25, 0.3) is 10.0 Å². The normalized spacial score (nSPS) is 11.4. The van der Waals surface area contributed by atoms with E-state index < -0.39 is 15.8 Å². The fraction of sp³-hybridized carbons (Fsp3) is 0. The molecule has 0 saturated carbocycles. The maximum atomic E-state index is 13.1. The molecule has 0 radical (unpaired) electrons. The van der Waals surface area contributed by atoms with Crippen LogP contribution in [0.2, 0.25) is 10.0 Å². The molecule has 2 aromatic carbocycles. The Balaban J connectivity index is 2.43. The van der Waals surface area contributed by atoms with E-state index >= 15 is 0 Å². The number of halogens is 4. The van der Waals surface area contributed by atoms with Crippen molar-refractivity contribution in [3.63, 3.8) is 0 Å². The van der Waals surface area contributed by atoms with Crippen molar-refractivity contribution >= 4 is 60.5 Å². The lowest BCUT2D eigenvalue weighted by atomic mass is 10.3. The average Bonchev–Trinajstić information content (AvgIpc) is 2.39. The zero-order valence-corrected chi connectivity index (χ0v) is 14.1. The first-order valence-electron chi connectivity index (χ1n) is 5.43. The van der Waals surface area contributed by atoms with E-state index in [2.05, 4.69) is 20.7 Å². The van der Waals surface area contributed by atoms with E-state index in [-0.39, 0.29) is 30.8 Å². The highest BCUT2D eigenvalue weighted by molar-refractivity contribution is 9.10. The van der Waals surface area contributed by atoms with Gasteiger partial charge in [-0.15, -0.1) is 0 Å². The number of anilines is 2. The first-order chi connectivity index (χ1) is 9.72. The zero-order chi connectivity index (χ0) is 15.8. The highest BCUT2D eigenvalue weighted by Crippen LogP contribution is 2.34. The summed E-state index contributed by atoms with van der Waals surface area (Å²) in [4.78, 5) is -0.216. The number of benzene rings is 2. The second-order valence-electron chi connectivity index (χ2n) is 4.01. The molecule has 3 N–H and O–H groups in total. The molecule has 0 saturated heterocycles. The summed E-state index contributed by atoms with van der Waals surface area (Å²) in [6.07, 6.45) is 0. The fourth-order valence-corrected chi connectivity index (χ4v) is 3.72. The van der Waals surface area contributed by atoms with Crippen molar-refractivity contribution < 1.29 is 12.8 Å². The Labute approximate surface area is 139 Å². The molecule has 2 rings (SSSR count). The SMILES string of the molecule is Nc1c(Cl)ccc(S(=O)(=O)Nc2ccc(F)c(Br)c2)c1Cl. The summed E-state index contributed by atoms with van der Waals surface area (Å²) in [5.41, 5.74) is 5.75. The average molecular weight is 414 g/mol. The molecule has 0 heterocycles. The van der Waals surface area contributed by atoms with Gasteiger partial charge >= 0.3 is 0 Å². The lowest BCUT2D eigenvalue weighted by Crippen LogP contribution is -2.14. The van der Waals surface area contributed by atoms with Crippen molar-refractivity contribution in [3.05, 3.63) is 50.7 Å². The molecule has 0 aromatic heterocycles. The van der Waals surface area contributed by atoms with E-state index in [9.17, 15) is 12.8 Å². The highest BCUT2D eigenvalue weighted by Gasteiger charge is 2.21. The third kappa shape index (κ3) is 3.42. The largest absolute Gasteiger partial charge is 0.396 e. The summed E-state index contributed by atoms with van der Waals surface area (Å²) in [6.45, 7) is 0. The lowest BCUT2D eigenvalue weighted by molar-refractivity contribution is 0.601. The van der Waals surface area contributed by atoms with Crippen molar-refractivity contribution in [1.82, 2.24) is 0 Å². The molecule has 0 unspecified atom stereocenters. The van der Waals surface area contributed by atoms with Crippen LogP contribution < -0.4 is 10.5 Å². The van der Waals surface area contributed by atoms with Crippen LogP contribution in [0.15, 0.2) is 39.7 Å². The smallest absolute Gasteiger partial charge is 0.263 e. The molecule has 0 fully saturated rings. The quantitative estimate of drug-likeness (QED) is 0.737. The van der Waals surface area contributed by atoms with E-state index in [0.717, 1.165) is 6.07 Å².